The van der Waals surface area contributed by atoms with Gasteiger partial charge in [0, 0.05) is 73.3 Å². The second-order valence-corrected chi connectivity index (χ2v) is 22.5. The first-order valence-corrected chi connectivity index (χ1v) is 28.0. The lowest BCUT2D eigenvalue weighted by molar-refractivity contribution is 0.0522. The van der Waals surface area contributed by atoms with Gasteiger partial charge < -0.3 is 46.4 Å². The van der Waals surface area contributed by atoms with Crippen LogP contribution < -0.4 is 26.8 Å². The van der Waals surface area contributed by atoms with Crippen LogP contribution in [-0.4, -0.2) is 108 Å². The van der Waals surface area contributed by atoms with Crippen LogP contribution in [0.15, 0.2) is 136 Å². The Morgan fingerprint density at radius 1 is 0.901 bits per heavy atom. The van der Waals surface area contributed by atoms with E-state index < -0.39 is 17.7 Å². The maximum Gasteiger partial charge on any atom is 0.435 e. The molecule has 1 unspecified atom stereocenters. The number of ketones is 1. The summed E-state index contributed by atoms with van der Waals surface area (Å²) in [6, 6.07) is 31.2. The number of nitrogens with zero attached hydrogens (tertiary/aromatic N) is 7. The van der Waals surface area contributed by atoms with E-state index in [1.807, 2.05) is 114 Å². The Balaban J connectivity index is 0.000000168. The average Bonchev–Trinajstić information content (AvgIpc) is 4.51. The molecule has 4 aromatic carbocycles. The van der Waals surface area contributed by atoms with E-state index >= 15 is 0 Å². The maximum absolute atomic E-state index is 12.2. The van der Waals surface area contributed by atoms with Crippen LogP contribution in [0.1, 0.15) is 79.5 Å². The summed E-state index contributed by atoms with van der Waals surface area (Å²) in [5.41, 5.74) is 16.3. The standard InChI is InChI=1S/C16H16ClN5O2.C16H16N4O.C10H8BrNO.C9H5BrO2S.C4H9NO.C3H9N/c1-16(2,3)24-15(23)22-12-5-4-11(8-10(12)9-19-22)20-13-6-7-18-14(17)21-13;1-11-18-10-15(21-2)16(19-11)20-14-5-3-12(4-6-14)13-7-8-17-9-13;1-6(13)9-4-7-2-3-8(11)5-10(7)12-9;10-6-2-1-5-3-8(9(11)12)13-7(5)4-6;5-4-1-2-6-3-4;1-3(2)4/h4-9H,1-3H3,(H,18,20,21);3-7,9-10H,8H2,1-2H3,(H,18,19,20);2-5,12H,1H3;1-4H,(H,11,12);4H,1-3,5H2;3H,4H2,1-2H3. The molecule has 0 radical (unpaired) electrons. The van der Waals surface area contributed by atoms with E-state index in [-0.39, 0.29) is 11.1 Å². The molecule has 0 amide bonds. The number of hydrogen-bond acceptors (Lipinski definition) is 17. The highest BCUT2D eigenvalue weighted by Gasteiger charge is 2.20. The summed E-state index contributed by atoms with van der Waals surface area (Å²) in [4.78, 5) is 57.9. The second kappa shape index (κ2) is 29.9. The van der Waals surface area contributed by atoms with Crippen molar-refractivity contribution in [2.45, 2.75) is 72.6 Å². The number of carbonyl (C=O) groups excluding carboxylic acids is 2. The molecular weight excluding hydrogens is 1200 g/mol. The number of rotatable bonds is 8. The van der Waals surface area contributed by atoms with Crippen LogP contribution in [0, 0.1) is 6.92 Å². The smallest absolute Gasteiger partial charge is 0.435 e. The van der Waals surface area contributed by atoms with Gasteiger partial charge in [0.1, 0.15) is 22.1 Å². The molecule has 23 heteroatoms. The normalized spacial score (nSPS) is 13.2. The Kier molecular flexibility index (Phi) is 23.1. The Labute approximate surface area is 494 Å². The Morgan fingerprint density at radius 2 is 1.60 bits per heavy atom. The van der Waals surface area contributed by atoms with Gasteiger partial charge in [-0.3, -0.25) is 9.79 Å². The fourth-order valence-electron chi connectivity index (χ4n) is 7.19. The van der Waals surface area contributed by atoms with Crippen LogP contribution in [0.25, 0.3) is 37.5 Å². The molecule has 1 fully saturated rings. The molecule has 1 atom stereocenters. The van der Waals surface area contributed by atoms with Crippen molar-refractivity contribution in [1.29, 1.82) is 0 Å². The van der Waals surface area contributed by atoms with Crippen LogP contribution in [-0.2, 0) is 9.47 Å². The molecule has 0 bridgehead atoms. The van der Waals surface area contributed by atoms with Crippen molar-refractivity contribution in [2.75, 3.05) is 37.5 Å². The highest BCUT2D eigenvalue weighted by atomic mass is 79.9. The first-order chi connectivity index (χ1) is 38.5. The van der Waals surface area contributed by atoms with Crippen molar-refractivity contribution < 1.29 is 33.7 Å². The zero-order chi connectivity index (χ0) is 58.8. The van der Waals surface area contributed by atoms with Gasteiger partial charge in [0.05, 0.1) is 43.9 Å². The number of aliphatic imine (C=N–C) groups is 1. The maximum atomic E-state index is 12.2. The number of aromatic amines is 1. The molecule has 9 aromatic rings. The number of hydrogen-bond donors (Lipinski definition) is 6. The van der Waals surface area contributed by atoms with Crippen LogP contribution >= 0.6 is 54.8 Å². The van der Waals surface area contributed by atoms with Gasteiger partial charge in [0.2, 0.25) is 5.28 Å². The number of allylic oxidation sites excluding steroid dienone is 1. The molecule has 8 N–H and O–H groups in total. The monoisotopic (exact) mass is 1260 g/mol. The Morgan fingerprint density at radius 3 is 2.21 bits per heavy atom. The number of anilines is 4. The lowest BCUT2D eigenvalue weighted by Crippen LogP contribution is -2.27. The number of Topliss-reactive ketones (excluding diaryl/α,β-unsaturated/α-hetero) is 1. The van der Waals surface area contributed by atoms with Gasteiger partial charge in [0.25, 0.3) is 0 Å². The number of halogens is 3. The highest BCUT2D eigenvalue weighted by molar-refractivity contribution is 9.10. The number of aryl methyl sites for hydroxylation is 1. The minimum Gasteiger partial charge on any atom is -0.491 e. The summed E-state index contributed by atoms with van der Waals surface area (Å²) < 4.78 is 19.8. The van der Waals surface area contributed by atoms with Crippen molar-refractivity contribution in [2.24, 2.45) is 16.5 Å². The van der Waals surface area contributed by atoms with E-state index in [4.69, 9.17) is 42.4 Å². The number of carbonyl (C=O) groups is 3. The third-order valence-corrected chi connectivity index (χ3v) is 13.1. The molecule has 0 spiro atoms. The number of nitrogens with one attached hydrogen (secondary N) is 3. The first kappa shape index (κ1) is 62.8. The summed E-state index contributed by atoms with van der Waals surface area (Å²) in [5, 5.41) is 22.2. The minimum absolute atomic E-state index is 0.0623. The lowest BCUT2D eigenvalue weighted by Gasteiger charge is -2.19. The zero-order valence-electron chi connectivity index (χ0n) is 45.8. The molecule has 0 saturated carbocycles. The molecule has 1 saturated heterocycles. The summed E-state index contributed by atoms with van der Waals surface area (Å²) in [6.07, 6.45) is 9.38. The molecule has 7 heterocycles. The van der Waals surface area contributed by atoms with Crippen molar-refractivity contribution in [3.63, 3.8) is 0 Å². The molecule has 81 heavy (non-hydrogen) atoms. The number of H-pyrrole nitrogens is 1. The van der Waals surface area contributed by atoms with Gasteiger partial charge in [-0.25, -0.2) is 29.5 Å². The molecule has 2 aliphatic rings. The zero-order valence-corrected chi connectivity index (χ0v) is 50.6. The second-order valence-electron chi connectivity index (χ2n) is 19.3. The predicted molar refractivity (Wildman–Crippen MR) is 331 cm³/mol. The number of nitrogens with two attached hydrogens (primary N) is 2. The predicted octanol–water partition coefficient (Wildman–Crippen LogP) is 13.6. The third-order valence-electron chi connectivity index (χ3n) is 10.9. The number of benzene rings is 4. The number of aromatic carboxylic acids is 1. The fraction of sp³-hybridized carbons (Fsp3) is 0.259. The Hall–Kier alpha value is -7.44. The molecule has 19 nitrogen and oxygen atoms in total. The largest absolute Gasteiger partial charge is 0.491 e. The van der Waals surface area contributed by atoms with Crippen molar-refractivity contribution >= 4 is 139 Å². The van der Waals surface area contributed by atoms with Crippen LogP contribution in [0.4, 0.5) is 27.8 Å². The fourth-order valence-corrected chi connectivity index (χ4v) is 9.16. The minimum atomic E-state index is -0.864. The molecule has 424 valence electrons. The summed E-state index contributed by atoms with van der Waals surface area (Å²) in [6.45, 7) is 15.1. The number of carboxylic acids is 1. The molecule has 11 rings (SSSR count). The number of aromatic nitrogens is 7. The number of carboxylic acid groups (broad SMARTS) is 1. The third kappa shape index (κ3) is 20.0. The van der Waals surface area contributed by atoms with Crippen LogP contribution in [0.2, 0.25) is 5.28 Å². The van der Waals surface area contributed by atoms with Gasteiger partial charge in [-0.2, -0.15) is 9.78 Å². The Bertz CT molecular complexity index is 3560. The van der Waals surface area contributed by atoms with Crippen molar-refractivity contribution in [1.82, 2.24) is 34.7 Å². The number of fused-ring (bicyclic) bond motifs is 3. The molecule has 5 aromatic heterocycles. The number of methoxy groups -OCH3 is 1. The van der Waals surface area contributed by atoms with E-state index in [2.05, 4.69) is 95.7 Å². The number of thiophene rings is 1. The lowest BCUT2D eigenvalue weighted by atomic mass is 10.1. The van der Waals surface area contributed by atoms with E-state index in [0.717, 1.165) is 84.0 Å². The van der Waals surface area contributed by atoms with Crippen molar-refractivity contribution in [3.05, 3.63) is 158 Å². The molecule has 0 aliphatic carbocycles. The van der Waals surface area contributed by atoms with E-state index in [0.29, 0.717) is 51.4 Å². The highest BCUT2D eigenvalue weighted by Crippen LogP contribution is 2.29. The number of ether oxygens (including phenoxy) is 3. The van der Waals surface area contributed by atoms with Gasteiger partial charge >= 0.3 is 12.1 Å². The average molecular weight is 1270 g/mol. The summed E-state index contributed by atoms with van der Waals surface area (Å²) >= 11 is 13.8. The first-order valence-electron chi connectivity index (χ1n) is 25.3. The van der Waals surface area contributed by atoms with Crippen LogP contribution in [0.3, 0.4) is 0 Å². The van der Waals surface area contributed by atoms with Gasteiger partial charge in [-0.15, -0.1) is 11.3 Å². The SMILES string of the molecule is CC(=O)c1cc2ccc(Br)cc2[nH]1.CC(C)(C)OC(=O)n1ncc2cc(Nc3ccnc(Cl)n3)ccc21.CC(C)N.COc1cnc(C)nc1Nc1ccc(C2=CCN=C2)cc1.NC1CCOC1.O=C(O)c1cc2ccc(Br)cc2s1. The van der Waals surface area contributed by atoms with E-state index in [1.54, 1.807) is 50.8 Å². The van der Waals surface area contributed by atoms with Crippen LogP contribution in [0.5, 0.6) is 5.75 Å². The van der Waals surface area contributed by atoms with E-state index in [1.165, 1.54) is 16.0 Å². The molecular formula is C58H63Br2ClN12O7S. The van der Waals surface area contributed by atoms with Crippen molar-refractivity contribution in [3.8, 4) is 5.75 Å². The summed E-state index contributed by atoms with van der Waals surface area (Å²) in [7, 11) is 1.61. The molecule has 2 aliphatic heterocycles. The van der Waals surface area contributed by atoms with E-state index in [9.17, 15) is 14.4 Å². The topological polar surface area (TPSA) is 273 Å². The van der Waals surface area contributed by atoms with Gasteiger partial charge in [-0.1, -0.05) is 76.0 Å². The quantitative estimate of drug-likeness (QED) is 0.0609. The van der Waals surface area contributed by atoms with Gasteiger partial charge in [-0.05, 0) is 141 Å². The van der Waals surface area contributed by atoms with Gasteiger partial charge in [0.15, 0.2) is 17.4 Å². The summed E-state index contributed by atoms with van der Waals surface area (Å²) in [5.74, 6) is 1.76.